The second-order valence-corrected chi connectivity index (χ2v) is 7.32. The van der Waals surface area contributed by atoms with Crippen molar-refractivity contribution in [3.63, 3.8) is 0 Å². The zero-order chi connectivity index (χ0) is 15.5. The summed E-state index contributed by atoms with van der Waals surface area (Å²) in [6.45, 7) is 11.5. The molecule has 2 fully saturated rings. The molecule has 5 heteroatoms. The van der Waals surface area contributed by atoms with Gasteiger partial charge in [-0.05, 0) is 66.1 Å². The minimum atomic E-state index is -0.424. The van der Waals surface area contributed by atoms with Crippen LogP contribution in [0.4, 0.5) is 4.79 Å². The number of ether oxygens (including phenoxy) is 1. The molecule has 0 aromatic rings. The van der Waals surface area contributed by atoms with Gasteiger partial charge < -0.3 is 20.3 Å². The molecule has 1 saturated heterocycles. The molecule has 1 aliphatic carbocycles. The summed E-state index contributed by atoms with van der Waals surface area (Å²) < 4.78 is 5.29. The van der Waals surface area contributed by atoms with Crippen LogP contribution in [0.1, 0.15) is 53.4 Å². The topological polar surface area (TPSA) is 53.6 Å². The fourth-order valence-electron chi connectivity index (χ4n) is 2.94. The van der Waals surface area contributed by atoms with Crippen LogP contribution in [0, 0.1) is 0 Å². The predicted molar refractivity (Wildman–Crippen MR) is 84.5 cm³/mol. The van der Waals surface area contributed by atoms with E-state index < -0.39 is 5.60 Å². The van der Waals surface area contributed by atoms with Crippen molar-refractivity contribution >= 4 is 6.09 Å². The van der Waals surface area contributed by atoms with E-state index in [1.807, 2.05) is 20.8 Å². The van der Waals surface area contributed by atoms with Crippen LogP contribution in [0.15, 0.2) is 0 Å². The zero-order valence-electron chi connectivity index (χ0n) is 13.9. The predicted octanol–water partition coefficient (Wildman–Crippen LogP) is 2.12. The highest BCUT2D eigenvalue weighted by Crippen LogP contribution is 2.24. The number of hydrogen-bond donors (Lipinski definition) is 2. The summed E-state index contributed by atoms with van der Waals surface area (Å²) in [5, 5.41) is 6.65. The second kappa shape index (κ2) is 6.97. The van der Waals surface area contributed by atoms with Crippen molar-refractivity contribution < 1.29 is 9.53 Å². The van der Waals surface area contributed by atoms with Gasteiger partial charge in [-0.25, -0.2) is 4.79 Å². The van der Waals surface area contributed by atoms with E-state index in [2.05, 4.69) is 22.5 Å². The summed E-state index contributed by atoms with van der Waals surface area (Å²) in [6, 6.07) is 1.26. The minimum Gasteiger partial charge on any atom is -0.444 e. The molecule has 0 radical (unpaired) electrons. The third-order valence-corrected chi connectivity index (χ3v) is 4.21. The quantitative estimate of drug-likeness (QED) is 0.834. The van der Waals surface area contributed by atoms with Crippen LogP contribution in [-0.4, -0.2) is 54.4 Å². The van der Waals surface area contributed by atoms with E-state index >= 15 is 0 Å². The van der Waals surface area contributed by atoms with Crippen LogP contribution in [-0.2, 0) is 4.74 Å². The standard InChI is InChI=1S/C16H31N3O2/c1-5-19-9-6-7-12(8-10-19)17-13-11-14(13)18-15(20)21-16(2,3)4/h12-14,17H,5-11H2,1-4H3,(H,18,20). The molecular formula is C16H31N3O2. The van der Waals surface area contributed by atoms with Gasteiger partial charge in [0.15, 0.2) is 0 Å². The van der Waals surface area contributed by atoms with Crippen molar-refractivity contribution in [3.8, 4) is 0 Å². The Balaban J connectivity index is 1.66. The average Bonchev–Trinajstić information content (AvgIpc) is 3.11. The Kier molecular flexibility index (Phi) is 5.49. The molecule has 21 heavy (non-hydrogen) atoms. The highest BCUT2D eigenvalue weighted by Gasteiger charge is 2.40. The molecule has 0 spiro atoms. The van der Waals surface area contributed by atoms with Crippen LogP contribution in [0.2, 0.25) is 0 Å². The summed E-state index contributed by atoms with van der Waals surface area (Å²) in [5.41, 5.74) is -0.424. The maximum atomic E-state index is 11.7. The molecule has 3 atom stereocenters. The lowest BCUT2D eigenvalue weighted by Gasteiger charge is -2.20. The Morgan fingerprint density at radius 2 is 2.00 bits per heavy atom. The van der Waals surface area contributed by atoms with Gasteiger partial charge in [0, 0.05) is 18.1 Å². The van der Waals surface area contributed by atoms with Crippen molar-refractivity contribution in [2.24, 2.45) is 0 Å². The molecular weight excluding hydrogens is 266 g/mol. The number of alkyl carbamates (subject to hydrolysis) is 1. The molecule has 5 nitrogen and oxygen atoms in total. The number of rotatable bonds is 4. The van der Waals surface area contributed by atoms with E-state index in [1.165, 1.54) is 32.4 Å². The largest absolute Gasteiger partial charge is 0.444 e. The molecule has 2 rings (SSSR count). The van der Waals surface area contributed by atoms with Gasteiger partial charge in [0.2, 0.25) is 0 Å². The molecule has 1 saturated carbocycles. The van der Waals surface area contributed by atoms with Gasteiger partial charge in [0.05, 0.1) is 0 Å². The first kappa shape index (κ1) is 16.6. The number of nitrogens with zero attached hydrogens (tertiary/aromatic N) is 1. The molecule has 0 aromatic heterocycles. The number of hydrogen-bond acceptors (Lipinski definition) is 4. The lowest BCUT2D eigenvalue weighted by Crippen LogP contribution is -2.39. The van der Waals surface area contributed by atoms with Crippen molar-refractivity contribution in [1.29, 1.82) is 0 Å². The van der Waals surface area contributed by atoms with Gasteiger partial charge in [0.25, 0.3) is 0 Å². The lowest BCUT2D eigenvalue weighted by atomic mass is 10.1. The molecule has 2 aliphatic rings. The molecule has 3 unspecified atom stereocenters. The number of carbonyl (C=O) groups excluding carboxylic acids is 1. The van der Waals surface area contributed by atoms with Crippen LogP contribution >= 0.6 is 0 Å². The highest BCUT2D eigenvalue weighted by molar-refractivity contribution is 5.68. The molecule has 1 heterocycles. The van der Waals surface area contributed by atoms with E-state index in [0.29, 0.717) is 12.1 Å². The van der Waals surface area contributed by atoms with E-state index in [-0.39, 0.29) is 12.1 Å². The van der Waals surface area contributed by atoms with Gasteiger partial charge in [-0.3, -0.25) is 0 Å². The second-order valence-electron chi connectivity index (χ2n) is 7.32. The van der Waals surface area contributed by atoms with E-state index in [9.17, 15) is 4.79 Å². The Morgan fingerprint density at radius 3 is 2.67 bits per heavy atom. The number of carbonyl (C=O) groups is 1. The normalized spacial score (nSPS) is 30.6. The third kappa shape index (κ3) is 5.83. The van der Waals surface area contributed by atoms with E-state index in [4.69, 9.17) is 4.74 Å². The highest BCUT2D eigenvalue weighted by atomic mass is 16.6. The molecule has 0 aromatic carbocycles. The third-order valence-electron chi connectivity index (χ3n) is 4.21. The Hall–Kier alpha value is -0.810. The van der Waals surface area contributed by atoms with Crippen molar-refractivity contribution in [2.75, 3.05) is 19.6 Å². The number of likely N-dealkylation sites (tertiary alicyclic amines) is 1. The maximum absolute atomic E-state index is 11.7. The van der Waals surface area contributed by atoms with Gasteiger partial charge in [-0.1, -0.05) is 6.92 Å². The number of amides is 1. The Morgan fingerprint density at radius 1 is 1.24 bits per heavy atom. The maximum Gasteiger partial charge on any atom is 0.407 e. The summed E-state index contributed by atoms with van der Waals surface area (Å²) in [5.74, 6) is 0. The monoisotopic (exact) mass is 297 g/mol. The van der Waals surface area contributed by atoms with Gasteiger partial charge >= 0.3 is 6.09 Å². The first-order chi connectivity index (χ1) is 9.87. The fraction of sp³-hybridized carbons (Fsp3) is 0.938. The molecule has 2 N–H and O–H groups in total. The first-order valence-corrected chi connectivity index (χ1v) is 8.35. The minimum absolute atomic E-state index is 0.241. The van der Waals surface area contributed by atoms with E-state index in [0.717, 1.165) is 13.0 Å². The first-order valence-electron chi connectivity index (χ1n) is 8.35. The van der Waals surface area contributed by atoms with Crippen LogP contribution in [0.25, 0.3) is 0 Å². The lowest BCUT2D eigenvalue weighted by molar-refractivity contribution is 0.0521. The van der Waals surface area contributed by atoms with Gasteiger partial charge in [-0.2, -0.15) is 0 Å². The van der Waals surface area contributed by atoms with Gasteiger partial charge in [0.1, 0.15) is 5.60 Å². The fourth-order valence-corrected chi connectivity index (χ4v) is 2.94. The average molecular weight is 297 g/mol. The summed E-state index contributed by atoms with van der Waals surface area (Å²) >= 11 is 0. The Labute approximate surface area is 128 Å². The molecule has 1 aliphatic heterocycles. The van der Waals surface area contributed by atoms with Crippen LogP contribution in [0.3, 0.4) is 0 Å². The summed E-state index contributed by atoms with van der Waals surface area (Å²) in [6.07, 6.45) is 4.44. The Bertz CT molecular complexity index is 354. The van der Waals surface area contributed by atoms with Crippen LogP contribution in [0.5, 0.6) is 0 Å². The van der Waals surface area contributed by atoms with E-state index in [1.54, 1.807) is 0 Å². The summed E-state index contributed by atoms with van der Waals surface area (Å²) in [4.78, 5) is 14.2. The SMILES string of the molecule is CCN1CCCC(NC2CC2NC(=O)OC(C)(C)C)CC1. The smallest absolute Gasteiger partial charge is 0.407 e. The van der Waals surface area contributed by atoms with Crippen LogP contribution < -0.4 is 10.6 Å². The van der Waals surface area contributed by atoms with Crippen molar-refractivity contribution in [1.82, 2.24) is 15.5 Å². The molecule has 0 bridgehead atoms. The van der Waals surface area contributed by atoms with Gasteiger partial charge in [-0.15, -0.1) is 0 Å². The molecule has 122 valence electrons. The zero-order valence-corrected chi connectivity index (χ0v) is 13.9. The molecule has 1 amide bonds. The number of nitrogens with one attached hydrogen (secondary N) is 2. The van der Waals surface area contributed by atoms with Crippen molar-refractivity contribution in [3.05, 3.63) is 0 Å². The summed E-state index contributed by atoms with van der Waals surface area (Å²) in [7, 11) is 0. The van der Waals surface area contributed by atoms with Crippen molar-refractivity contribution in [2.45, 2.75) is 77.1 Å².